The van der Waals surface area contributed by atoms with E-state index in [1.54, 1.807) is 0 Å². The monoisotopic (exact) mass is 1270 g/mol. The van der Waals surface area contributed by atoms with E-state index in [1.165, 1.54) is 154 Å². The lowest BCUT2D eigenvalue weighted by Crippen LogP contribution is -2.30. The molecule has 0 aromatic rings. The van der Waals surface area contributed by atoms with Crippen LogP contribution in [0.4, 0.5) is 0 Å². The number of aliphatic hydroxyl groups is 1. The second kappa shape index (κ2) is 59.4. The van der Waals surface area contributed by atoms with Crippen molar-refractivity contribution in [3.05, 3.63) is 0 Å². The summed E-state index contributed by atoms with van der Waals surface area (Å²) in [5.41, 5.74) is 0. The number of hydrogen-bond acceptors (Lipinski definition) is 15. The second-order valence-corrected chi connectivity index (χ2v) is 28.1. The molecule has 0 aliphatic carbocycles. The summed E-state index contributed by atoms with van der Waals surface area (Å²) in [6, 6.07) is 0. The Morgan fingerprint density at radius 2 is 0.535 bits per heavy atom. The summed E-state index contributed by atoms with van der Waals surface area (Å²) in [4.78, 5) is 72.3. The number of carbonyl (C=O) groups is 4. The number of unbranched alkanes of at least 4 members (excludes halogenated alkanes) is 36. The summed E-state index contributed by atoms with van der Waals surface area (Å²) in [5.74, 6) is -0.677. The highest BCUT2D eigenvalue weighted by Crippen LogP contribution is 2.45. The molecule has 2 unspecified atom stereocenters. The summed E-state index contributed by atoms with van der Waals surface area (Å²) in [5, 5.41) is 10.5. The van der Waals surface area contributed by atoms with E-state index in [1.807, 2.05) is 0 Å². The van der Waals surface area contributed by atoms with Gasteiger partial charge in [-0.1, -0.05) is 286 Å². The number of ether oxygens (including phenoxy) is 4. The highest BCUT2D eigenvalue weighted by atomic mass is 31.2. The lowest BCUT2D eigenvalue weighted by atomic mass is 10.0. The predicted molar refractivity (Wildman–Crippen MR) is 345 cm³/mol. The van der Waals surface area contributed by atoms with Crippen molar-refractivity contribution < 1.29 is 80.2 Å². The Morgan fingerprint density at radius 1 is 0.314 bits per heavy atom. The van der Waals surface area contributed by atoms with Gasteiger partial charge in [0.15, 0.2) is 12.2 Å². The molecule has 19 heteroatoms. The van der Waals surface area contributed by atoms with Gasteiger partial charge in [-0.3, -0.25) is 37.3 Å². The van der Waals surface area contributed by atoms with Crippen molar-refractivity contribution in [2.45, 2.75) is 355 Å². The van der Waals surface area contributed by atoms with Gasteiger partial charge in [0.25, 0.3) is 0 Å². The van der Waals surface area contributed by atoms with Gasteiger partial charge >= 0.3 is 39.5 Å². The molecule has 0 heterocycles. The molecule has 0 radical (unpaired) electrons. The van der Waals surface area contributed by atoms with Crippen LogP contribution in [0, 0.1) is 11.8 Å². The maximum atomic E-state index is 13.0. The van der Waals surface area contributed by atoms with Crippen LogP contribution in [-0.4, -0.2) is 96.7 Å². The Labute approximate surface area is 524 Å². The van der Waals surface area contributed by atoms with E-state index in [2.05, 4.69) is 41.5 Å². The first-order chi connectivity index (χ1) is 41.4. The Balaban J connectivity index is 5.22. The summed E-state index contributed by atoms with van der Waals surface area (Å²) in [6.45, 7) is 9.43. The van der Waals surface area contributed by atoms with E-state index in [-0.39, 0.29) is 25.7 Å². The maximum absolute atomic E-state index is 13.0. The Morgan fingerprint density at radius 3 is 0.791 bits per heavy atom. The zero-order chi connectivity index (χ0) is 63.6. The standard InChI is InChI=1S/C67H130O17P2/c1-7-9-11-13-15-17-18-23-27-31-38-44-50-65(70)78-55-62(83-66(71)51-45-39-32-28-24-21-19-20-22-26-29-35-41-47-59(3)4)57-81-85(73,74)79-53-61(68)54-80-86(75,76)82-58-63(84-67(72)52-46-40-34-33-36-42-48-60(5)6)56-77-64(69)49-43-37-30-25-16-14-12-10-8-2/h59-63,68H,7-58H2,1-6H3,(H,73,74)(H,75,76)/t61-,62-,63-/m1/s1. The molecule has 0 bridgehead atoms. The van der Waals surface area contributed by atoms with Gasteiger partial charge < -0.3 is 33.8 Å². The third-order valence-electron chi connectivity index (χ3n) is 15.5. The number of rotatable bonds is 66. The third kappa shape index (κ3) is 60.9. The number of hydrogen-bond donors (Lipinski definition) is 3. The van der Waals surface area contributed by atoms with Gasteiger partial charge in [0.2, 0.25) is 0 Å². The minimum atomic E-state index is -4.95. The minimum absolute atomic E-state index is 0.102. The number of aliphatic hydroxyl groups excluding tert-OH is 1. The Hall–Kier alpha value is -1.94. The summed E-state index contributed by atoms with van der Waals surface area (Å²) >= 11 is 0. The lowest BCUT2D eigenvalue weighted by molar-refractivity contribution is -0.161. The van der Waals surface area contributed by atoms with E-state index in [0.29, 0.717) is 31.6 Å². The van der Waals surface area contributed by atoms with Crippen LogP contribution >= 0.6 is 15.6 Å². The highest BCUT2D eigenvalue weighted by Gasteiger charge is 2.30. The van der Waals surface area contributed by atoms with Gasteiger partial charge in [0.1, 0.15) is 19.3 Å². The fourth-order valence-electron chi connectivity index (χ4n) is 10.1. The van der Waals surface area contributed by atoms with Crippen molar-refractivity contribution in [2.75, 3.05) is 39.6 Å². The van der Waals surface area contributed by atoms with Crippen molar-refractivity contribution >= 4 is 39.5 Å². The first-order valence-electron chi connectivity index (χ1n) is 35.0. The highest BCUT2D eigenvalue weighted by molar-refractivity contribution is 7.47. The molecule has 0 aromatic heterocycles. The molecule has 0 aliphatic rings. The second-order valence-electron chi connectivity index (χ2n) is 25.2. The molecule has 0 amide bonds. The van der Waals surface area contributed by atoms with Gasteiger partial charge in [-0.25, -0.2) is 9.13 Å². The van der Waals surface area contributed by atoms with Crippen molar-refractivity contribution in [1.29, 1.82) is 0 Å². The lowest BCUT2D eigenvalue weighted by Gasteiger charge is -2.21. The summed E-state index contributed by atoms with van der Waals surface area (Å²) < 4.78 is 68.1. The SMILES string of the molecule is CCCCCCCCCCCCCCC(=O)OC[C@H](COP(=O)(O)OC[C@@H](O)COP(=O)(O)OC[C@@H](COC(=O)CCCCCCCCCCC)OC(=O)CCCCCCCCC(C)C)OC(=O)CCCCCCCCCCCCCCCC(C)C. The van der Waals surface area contributed by atoms with Crippen molar-refractivity contribution in [3.8, 4) is 0 Å². The van der Waals surface area contributed by atoms with Crippen LogP contribution in [0.1, 0.15) is 337 Å². The van der Waals surface area contributed by atoms with Crippen LogP contribution in [0.2, 0.25) is 0 Å². The zero-order valence-corrected chi connectivity index (χ0v) is 57.4. The summed E-state index contributed by atoms with van der Waals surface area (Å²) in [7, 11) is -9.89. The first-order valence-corrected chi connectivity index (χ1v) is 38.0. The minimum Gasteiger partial charge on any atom is -0.462 e. The van der Waals surface area contributed by atoms with Gasteiger partial charge in [0, 0.05) is 25.7 Å². The molecule has 0 aromatic carbocycles. The number of esters is 4. The molecule has 0 saturated heterocycles. The van der Waals surface area contributed by atoms with Crippen LogP contribution in [-0.2, 0) is 65.4 Å². The molecule has 5 atom stereocenters. The maximum Gasteiger partial charge on any atom is 0.472 e. The van der Waals surface area contributed by atoms with Crippen LogP contribution in [0.25, 0.3) is 0 Å². The van der Waals surface area contributed by atoms with E-state index in [4.69, 9.17) is 37.0 Å². The van der Waals surface area contributed by atoms with E-state index in [9.17, 15) is 43.2 Å². The normalized spacial score (nSPS) is 14.2. The average Bonchev–Trinajstić information content (AvgIpc) is 3.64. The number of carbonyl (C=O) groups excluding carboxylic acids is 4. The van der Waals surface area contributed by atoms with Crippen LogP contribution < -0.4 is 0 Å². The molecule has 510 valence electrons. The molecule has 0 aliphatic heterocycles. The average molecular weight is 1270 g/mol. The molecule has 3 N–H and O–H groups in total. The van der Waals surface area contributed by atoms with E-state index in [0.717, 1.165) is 95.8 Å². The zero-order valence-electron chi connectivity index (χ0n) is 55.6. The predicted octanol–water partition coefficient (Wildman–Crippen LogP) is 18.8. The molecule has 86 heavy (non-hydrogen) atoms. The van der Waals surface area contributed by atoms with Crippen molar-refractivity contribution in [3.63, 3.8) is 0 Å². The van der Waals surface area contributed by atoms with Crippen LogP contribution in [0.5, 0.6) is 0 Å². The molecule has 0 spiro atoms. The van der Waals surface area contributed by atoms with Crippen LogP contribution in [0.3, 0.4) is 0 Å². The van der Waals surface area contributed by atoms with Crippen molar-refractivity contribution in [2.24, 2.45) is 11.8 Å². The topological polar surface area (TPSA) is 237 Å². The van der Waals surface area contributed by atoms with Gasteiger partial charge in [-0.2, -0.15) is 0 Å². The molecule has 0 saturated carbocycles. The molecule has 0 rings (SSSR count). The van der Waals surface area contributed by atoms with E-state index >= 15 is 0 Å². The smallest absolute Gasteiger partial charge is 0.462 e. The Kier molecular flexibility index (Phi) is 58.0. The largest absolute Gasteiger partial charge is 0.472 e. The Bertz CT molecular complexity index is 1680. The number of phosphoric ester groups is 2. The molecule has 17 nitrogen and oxygen atoms in total. The fraction of sp³-hybridized carbons (Fsp3) is 0.940. The van der Waals surface area contributed by atoms with Crippen LogP contribution in [0.15, 0.2) is 0 Å². The van der Waals surface area contributed by atoms with E-state index < -0.39 is 97.5 Å². The van der Waals surface area contributed by atoms with Gasteiger partial charge in [0.05, 0.1) is 26.4 Å². The quantitative estimate of drug-likeness (QED) is 0.0222. The van der Waals surface area contributed by atoms with Gasteiger partial charge in [-0.05, 0) is 37.5 Å². The van der Waals surface area contributed by atoms with Crippen molar-refractivity contribution in [1.82, 2.24) is 0 Å². The molecular weight excluding hydrogens is 1140 g/mol. The van der Waals surface area contributed by atoms with Gasteiger partial charge in [-0.15, -0.1) is 0 Å². The molecular formula is C67H130O17P2. The third-order valence-corrected chi connectivity index (χ3v) is 17.4. The molecule has 0 fully saturated rings. The number of phosphoric acid groups is 2. The summed E-state index contributed by atoms with van der Waals surface area (Å²) in [6.07, 6.45) is 43.2. The fourth-order valence-corrected chi connectivity index (χ4v) is 11.6. The first kappa shape index (κ1) is 84.1.